The Bertz CT molecular complexity index is 1130. The van der Waals surface area contributed by atoms with Crippen LogP contribution in [0.3, 0.4) is 0 Å². The summed E-state index contributed by atoms with van der Waals surface area (Å²) < 4.78 is 55.4. The van der Waals surface area contributed by atoms with Crippen molar-refractivity contribution in [3.63, 3.8) is 0 Å². The van der Waals surface area contributed by atoms with Crippen molar-refractivity contribution in [2.75, 3.05) is 13.4 Å². The van der Waals surface area contributed by atoms with E-state index >= 15 is 0 Å². The summed E-state index contributed by atoms with van der Waals surface area (Å²) in [5, 5.41) is 10.1. The largest absolute Gasteiger partial charge is 0.496 e. The molecule has 1 aromatic heterocycles. The monoisotopic (exact) mass is 454 g/mol. The summed E-state index contributed by atoms with van der Waals surface area (Å²) in [4.78, 5) is 4.46. The summed E-state index contributed by atoms with van der Waals surface area (Å²) in [6.45, 7) is 1.50. The minimum atomic E-state index is -3.38. The van der Waals surface area contributed by atoms with E-state index in [0.717, 1.165) is 16.5 Å². The van der Waals surface area contributed by atoms with Gasteiger partial charge in [0.05, 0.1) is 23.8 Å². The number of alkyl halides is 2. The molecule has 3 rings (SSSR count). The quantitative estimate of drug-likeness (QED) is 0.550. The van der Waals surface area contributed by atoms with Gasteiger partial charge in [0.15, 0.2) is 9.84 Å². The molecular weight excluding hydrogens is 430 g/mol. The molecule has 1 aliphatic rings. The van der Waals surface area contributed by atoms with Crippen molar-refractivity contribution in [2.24, 2.45) is 10.7 Å². The first-order chi connectivity index (χ1) is 14.5. The number of aromatic nitrogens is 2. The summed E-state index contributed by atoms with van der Waals surface area (Å²) >= 11 is 0. The van der Waals surface area contributed by atoms with Crippen molar-refractivity contribution >= 4 is 16.1 Å². The van der Waals surface area contributed by atoms with E-state index < -0.39 is 28.6 Å². The highest BCUT2D eigenvalue weighted by atomic mass is 32.2. The molecule has 0 saturated carbocycles. The molecular formula is C19H24F2N6O3S. The van der Waals surface area contributed by atoms with E-state index in [9.17, 15) is 17.2 Å². The van der Waals surface area contributed by atoms with Gasteiger partial charge >= 0.3 is 0 Å². The number of nitrogens with zero attached hydrogens (tertiary/aromatic N) is 3. The molecule has 0 bridgehead atoms. The number of rotatable bonds is 8. The fourth-order valence-corrected chi connectivity index (χ4v) is 3.70. The van der Waals surface area contributed by atoms with E-state index in [4.69, 9.17) is 10.5 Å². The van der Waals surface area contributed by atoms with E-state index in [1.165, 1.54) is 31.6 Å². The van der Waals surface area contributed by atoms with Gasteiger partial charge in [0.25, 0.3) is 6.43 Å². The molecule has 1 atom stereocenters. The maximum absolute atomic E-state index is 12.6. The Labute approximate surface area is 178 Å². The summed E-state index contributed by atoms with van der Waals surface area (Å²) in [5.74, 6) is -0.332. The van der Waals surface area contributed by atoms with Gasteiger partial charge in [0.1, 0.15) is 18.1 Å². The number of sulfone groups is 1. The number of aliphatic imine (C=N–C) groups is 1. The number of hydrogen-bond acceptors (Lipinski definition) is 8. The average molecular weight is 455 g/mol. The Hall–Kier alpha value is -2.99. The SMILES string of the molecule is COc1ccc(S(C)(=O)=O)cc1CNC1=C(C)C=NC(N)(c2cnn(CC(F)F)c2)N1. The summed E-state index contributed by atoms with van der Waals surface area (Å²) in [6.07, 6.45) is 2.94. The number of ether oxygens (including phenoxy) is 1. The molecule has 0 fully saturated rings. The molecule has 168 valence electrons. The third kappa shape index (κ3) is 5.20. The smallest absolute Gasteiger partial charge is 0.257 e. The van der Waals surface area contributed by atoms with Gasteiger partial charge in [-0.3, -0.25) is 10.4 Å². The highest BCUT2D eigenvalue weighted by Gasteiger charge is 2.31. The molecule has 2 aromatic rings. The van der Waals surface area contributed by atoms with Crippen LogP contribution >= 0.6 is 0 Å². The normalized spacial score (nSPS) is 18.9. The lowest BCUT2D eigenvalue weighted by molar-refractivity contribution is 0.121. The van der Waals surface area contributed by atoms with E-state index in [1.54, 1.807) is 12.3 Å². The molecule has 0 amide bonds. The third-order valence-electron chi connectivity index (χ3n) is 4.71. The molecule has 9 nitrogen and oxygen atoms in total. The summed E-state index contributed by atoms with van der Waals surface area (Å²) in [6, 6.07) is 4.61. The Balaban J connectivity index is 1.80. The van der Waals surface area contributed by atoms with Crippen LogP contribution in [0.1, 0.15) is 18.1 Å². The van der Waals surface area contributed by atoms with Crippen LogP contribution in [0.25, 0.3) is 0 Å². The number of allylic oxidation sites excluding steroid dienone is 1. The second kappa shape index (κ2) is 8.63. The van der Waals surface area contributed by atoms with Crippen LogP contribution in [0.4, 0.5) is 8.78 Å². The molecule has 0 saturated heterocycles. The fraction of sp³-hybridized carbons (Fsp3) is 0.368. The lowest BCUT2D eigenvalue weighted by atomic mass is 10.1. The van der Waals surface area contributed by atoms with Crippen LogP contribution in [0, 0.1) is 0 Å². The molecule has 1 aliphatic heterocycles. The summed E-state index contributed by atoms with van der Waals surface area (Å²) in [5.41, 5.74) is 8.14. The second-order valence-corrected chi connectivity index (χ2v) is 9.16. The standard InChI is InChI=1S/C19H24F2N6O3S/c1-12-7-24-19(22,14-9-25-27(10-14)11-17(20)21)26-18(12)23-8-13-6-15(31(3,28)29)4-5-16(13)30-2/h4-7,9-10,17,23,26H,8,11,22H2,1-3H3. The lowest BCUT2D eigenvalue weighted by Crippen LogP contribution is -2.52. The lowest BCUT2D eigenvalue weighted by Gasteiger charge is -2.32. The van der Waals surface area contributed by atoms with Crippen molar-refractivity contribution in [3.8, 4) is 5.75 Å². The number of hydrogen-bond donors (Lipinski definition) is 3. The van der Waals surface area contributed by atoms with Crippen LogP contribution < -0.4 is 21.1 Å². The predicted molar refractivity (Wildman–Crippen MR) is 111 cm³/mol. The molecule has 2 heterocycles. The first-order valence-corrected chi connectivity index (χ1v) is 11.2. The highest BCUT2D eigenvalue weighted by Crippen LogP contribution is 2.25. The van der Waals surface area contributed by atoms with Crippen molar-refractivity contribution in [1.29, 1.82) is 0 Å². The van der Waals surface area contributed by atoms with E-state index in [-0.39, 0.29) is 11.4 Å². The van der Waals surface area contributed by atoms with Gasteiger partial charge in [0, 0.05) is 36.3 Å². The van der Waals surface area contributed by atoms with Gasteiger partial charge < -0.3 is 15.4 Å². The maximum Gasteiger partial charge on any atom is 0.257 e. The molecule has 31 heavy (non-hydrogen) atoms. The van der Waals surface area contributed by atoms with Crippen LogP contribution in [0.2, 0.25) is 0 Å². The number of methoxy groups -OCH3 is 1. The van der Waals surface area contributed by atoms with Crippen LogP contribution in [0.15, 0.2) is 51.9 Å². The Morgan fingerprint density at radius 2 is 2.13 bits per heavy atom. The predicted octanol–water partition coefficient (Wildman–Crippen LogP) is 1.32. The molecule has 1 aromatic carbocycles. The van der Waals surface area contributed by atoms with Crippen LogP contribution in [-0.4, -0.2) is 44.2 Å². The molecule has 0 aliphatic carbocycles. The molecule has 0 spiro atoms. The van der Waals surface area contributed by atoms with Crippen LogP contribution in [0.5, 0.6) is 5.75 Å². The van der Waals surface area contributed by atoms with Crippen molar-refractivity contribution in [1.82, 2.24) is 20.4 Å². The van der Waals surface area contributed by atoms with E-state index in [1.807, 2.05) is 6.92 Å². The van der Waals surface area contributed by atoms with Gasteiger partial charge in [-0.05, 0) is 25.1 Å². The number of nitrogens with one attached hydrogen (secondary N) is 2. The first-order valence-electron chi connectivity index (χ1n) is 9.27. The second-order valence-electron chi connectivity index (χ2n) is 7.15. The molecule has 1 unspecified atom stereocenters. The highest BCUT2D eigenvalue weighted by molar-refractivity contribution is 7.90. The zero-order valence-corrected chi connectivity index (χ0v) is 18.1. The maximum atomic E-state index is 12.6. The van der Waals surface area contributed by atoms with Gasteiger partial charge in [0.2, 0.25) is 5.79 Å². The zero-order valence-electron chi connectivity index (χ0n) is 17.3. The Morgan fingerprint density at radius 3 is 2.77 bits per heavy atom. The Morgan fingerprint density at radius 1 is 1.39 bits per heavy atom. The summed E-state index contributed by atoms with van der Waals surface area (Å²) in [7, 11) is -1.88. The Kier molecular flexibility index (Phi) is 6.32. The number of benzene rings is 1. The molecule has 0 radical (unpaired) electrons. The number of halogens is 2. The van der Waals surface area contributed by atoms with Crippen molar-refractivity contribution in [2.45, 2.75) is 37.1 Å². The minimum Gasteiger partial charge on any atom is -0.496 e. The van der Waals surface area contributed by atoms with Gasteiger partial charge in [-0.1, -0.05) is 0 Å². The van der Waals surface area contributed by atoms with E-state index in [0.29, 0.717) is 22.7 Å². The molecule has 12 heteroatoms. The first kappa shape index (κ1) is 22.7. The van der Waals surface area contributed by atoms with Crippen molar-refractivity contribution in [3.05, 3.63) is 53.1 Å². The molecule has 4 N–H and O–H groups in total. The van der Waals surface area contributed by atoms with Gasteiger partial charge in [-0.2, -0.15) is 5.10 Å². The van der Waals surface area contributed by atoms with Crippen molar-refractivity contribution < 1.29 is 21.9 Å². The van der Waals surface area contributed by atoms with E-state index in [2.05, 4.69) is 20.7 Å². The van der Waals surface area contributed by atoms with Gasteiger partial charge in [-0.25, -0.2) is 22.2 Å². The average Bonchev–Trinajstić information content (AvgIpc) is 3.16. The van der Waals surface area contributed by atoms with Crippen LogP contribution in [-0.2, 0) is 28.7 Å². The minimum absolute atomic E-state index is 0.175. The topological polar surface area (TPSA) is 124 Å². The zero-order chi connectivity index (χ0) is 22.8. The van der Waals surface area contributed by atoms with Gasteiger partial charge in [-0.15, -0.1) is 0 Å². The fourth-order valence-electron chi connectivity index (χ4n) is 3.02. The number of nitrogens with two attached hydrogens (primary N) is 1. The third-order valence-corrected chi connectivity index (χ3v) is 5.82.